The first-order valence-corrected chi connectivity index (χ1v) is 9.17. The van der Waals surface area contributed by atoms with Crippen LogP contribution in [0.3, 0.4) is 0 Å². The number of carbonyl (C=O) groups excluding carboxylic acids is 1. The molecule has 1 N–H and O–H groups in total. The van der Waals surface area contributed by atoms with Gasteiger partial charge in [-0.05, 0) is 42.2 Å². The Morgan fingerprint density at radius 3 is 2.04 bits per heavy atom. The summed E-state index contributed by atoms with van der Waals surface area (Å²) in [5.74, 6) is 0.833. The molecular formula is C24H25NO2. The summed E-state index contributed by atoms with van der Waals surface area (Å²) in [5, 5.41) is 3.25. The van der Waals surface area contributed by atoms with E-state index in [1.54, 1.807) is 7.11 Å². The molecule has 0 saturated heterocycles. The number of amides is 1. The van der Waals surface area contributed by atoms with Gasteiger partial charge in [-0.2, -0.15) is 0 Å². The molecule has 138 valence electrons. The van der Waals surface area contributed by atoms with E-state index in [1.165, 1.54) is 0 Å². The van der Waals surface area contributed by atoms with E-state index in [4.69, 9.17) is 4.74 Å². The lowest BCUT2D eigenvalue weighted by Gasteiger charge is -2.32. The summed E-state index contributed by atoms with van der Waals surface area (Å²) in [5.41, 5.74) is 2.64. The maximum absolute atomic E-state index is 12.8. The van der Waals surface area contributed by atoms with Gasteiger partial charge in [0.2, 0.25) is 5.91 Å². The van der Waals surface area contributed by atoms with Crippen molar-refractivity contribution in [2.75, 3.05) is 7.11 Å². The molecule has 0 bridgehead atoms. The van der Waals surface area contributed by atoms with Crippen LogP contribution in [0.5, 0.6) is 5.75 Å². The van der Waals surface area contributed by atoms with Crippen LogP contribution < -0.4 is 10.1 Å². The van der Waals surface area contributed by atoms with Crippen LogP contribution in [-0.2, 0) is 16.8 Å². The first kappa shape index (κ1) is 18.7. The number of rotatable bonds is 7. The van der Waals surface area contributed by atoms with E-state index in [2.05, 4.69) is 36.5 Å². The third-order valence-electron chi connectivity index (χ3n) is 4.87. The zero-order chi connectivity index (χ0) is 19.1. The lowest BCUT2D eigenvalue weighted by molar-refractivity contribution is -0.122. The zero-order valence-corrected chi connectivity index (χ0v) is 15.8. The Morgan fingerprint density at radius 2 is 1.48 bits per heavy atom. The molecule has 27 heavy (non-hydrogen) atoms. The van der Waals surface area contributed by atoms with Gasteiger partial charge in [-0.15, -0.1) is 0 Å². The Kier molecular flexibility index (Phi) is 5.92. The highest BCUT2D eigenvalue weighted by Crippen LogP contribution is 2.29. The van der Waals surface area contributed by atoms with Crippen molar-refractivity contribution in [1.82, 2.24) is 5.32 Å². The molecule has 0 saturated carbocycles. The predicted octanol–water partition coefficient (Wildman–Crippen LogP) is 4.71. The van der Waals surface area contributed by atoms with E-state index in [9.17, 15) is 4.79 Å². The van der Waals surface area contributed by atoms with Gasteiger partial charge in [0, 0.05) is 6.42 Å². The standard InChI is InChI=1S/C24H25NO2/c1-24(20-11-5-3-6-12-20,21-13-7-4-8-14-21)25-23(26)17-16-19-10-9-15-22(18-19)27-2/h3-15,18H,16-17H2,1-2H3,(H,25,26). The first-order chi connectivity index (χ1) is 13.1. The van der Waals surface area contributed by atoms with Gasteiger partial charge in [0.25, 0.3) is 0 Å². The lowest BCUT2D eigenvalue weighted by atomic mass is 9.84. The minimum Gasteiger partial charge on any atom is -0.497 e. The van der Waals surface area contributed by atoms with E-state index >= 15 is 0 Å². The SMILES string of the molecule is COc1cccc(CCC(=O)NC(C)(c2ccccc2)c2ccccc2)c1. The Bertz CT molecular complexity index is 836. The first-order valence-electron chi connectivity index (χ1n) is 9.17. The summed E-state index contributed by atoms with van der Waals surface area (Å²) in [6.07, 6.45) is 1.09. The fourth-order valence-corrected chi connectivity index (χ4v) is 3.28. The molecule has 0 atom stereocenters. The van der Waals surface area contributed by atoms with Crippen LogP contribution in [0.2, 0.25) is 0 Å². The van der Waals surface area contributed by atoms with Gasteiger partial charge in [-0.3, -0.25) is 4.79 Å². The summed E-state index contributed by atoms with van der Waals surface area (Å²) >= 11 is 0. The van der Waals surface area contributed by atoms with Crippen LogP contribution in [0.4, 0.5) is 0 Å². The molecule has 1 amide bonds. The van der Waals surface area contributed by atoms with E-state index in [0.29, 0.717) is 12.8 Å². The Morgan fingerprint density at radius 1 is 0.889 bits per heavy atom. The van der Waals surface area contributed by atoms with Gasteiger partial charge in [0.05, 0.1) is 12.6 Å². The molecule has 0 aliphatic carbocycles. The fraction of sp³-hybridized carbons (Fsp3) is 0.208. The van der Waals surface area contributed by atoms with Gasteiger partial charge in [-0.1, -0.05) is 72.8 Å². The van der Waals surface area contributed by atoms with Crippen molar-refractivity contribution in [3.63, 3.8) is 0 Å². The van der Waals surface area contributed by atoms with Gasteiger partial charge in [0.1, 0.15) is 5.75 Å². The summed E-state index contributed by atoms with van der Waals surface area (Å²) in [7, 11) is 1.65. The Hall–Kier alpha value is -3.07. The van der Waals surface area contributed by atoms with Gasteiger partial charge >= 0.3 is 0 Å². The van der Waals surface area contributed by atoms with Crippen LogP contribution in [0.15, 0.2) is 84.9 Å². The number of ether oxygens (including phenoxy) is 1. The third-order valence-corrected chi connectivity index (χ3v) is 4.87. The molecule has 0 aromatic heterocycles. The predicted molar refractivity (Wildman–Crippen MR) is 109 cm³/mol. The highest BCUT2D eigenvalue weighted by Gasteiger charge is 2.30. The minimum atomic E-state index is -0.575. The average molecular weight is 359 g/mol. The molecule has 0 heterocycles. The average Bonchev–Trinajstić information content (AvgIpc) is 2.73. The Labute approximate surface area is 161 Å². The minimum absolute atomic E-state index is 0.0213. The van der Waals surface area contributed by atoms with Crippen molar-refractivity contribution >= 4 is 5.91 Å². The molecule has 0 fully saturated rings. The summed E-state index contributed by atoms with van der Waals surface area (Å²) in [4.78, 5) is 12.8. The number of methoxy groups -OCH3 is 1. The molecule has 3 heteroatoms. The van der Waals surface area contributed by atoms with Crippen molar-refractivity contribution < 1.29 is 9.53 Å². The van der Waals surface area contributed by atoms with E-state index in [1.807, 2.05) is 60.7 Å². The van der Waals surface area contributed by atoms with E-state index in [-0.39, 0.29) is 5.91 Å². The van der Waals surface area contributed by atoms with Crippen LogP contribution >= 0.6 is 0 Å². The van der Waals surface area contributed by atoms with Crippen LogP contribution in [-0.4, -0.2) is 13.0 Å². The van der Waals surface area contributed by atoms with Crippen molar-refractivity contribution in [1.29, 1.82) is 0 Å². The zero-order valence-electron chi connectivity index (χ0n) is 15.8. The van der Waals surface area contributed by atoms with Crippen LogP contribution in [0.1, 0.15) is 30.0 Å². The molecule has 0 radical (unpaired) electrons. The third kappa shape index (κ3) is 4.56. The van der Waals surface area contributed by atoms with Gasteiger partial charge in [0.15, 0.2) is 0 Å². The molecular weight excluding hydrogens is 334 g/mol. The number of carbonyl (C=O) groups is 1. The molecule has 3 aromatic rings. The molecule has 0 spiro atoms. The summed E-state index contributed by atoms with van der Waals surface area (Å²) in [6.45, 7) is 2.06. The topological polar surface area (TPSA) is 38.3 Å². The van der Waals surface area contributed by atoms with Crippen molar-refractivity contribution in [2.24, 2.45) is 0 Å². The maximum atomic E-state index is 12.8. The monoisotopic (exact) mass is 359 g/mol. The number of nitrogens with one attached hydrogen (secondary N) is 1. The van der Waals surface area contributed by atoms with Gasteiger partial charge < -0.3 is 10.1 Å². The fourth-order valence-electron chi connectivity index (χ4n) is 3.28. The Balaban J connectivity index is 1.77. The number of aryl methyl sites for hydroxylation is 1. The summed E-state index contributed by atoms with van der Waals surface area (Å²) in [6, 6.07) is 28.0. The molecule has 0 unspecified atom stereocenters. The maximum Gasteiger partial charge on any atom is 0.221 e. The molecule has 3 aromatic carbocycles. The second kappa shape index (κ2) is 8.54. The number of benzene rings is 3. The number of hydrogen-bond acceptors (Lipinski definition) is 2. The van der Waals surface area contributed by atoms with Gasteiger partial charge in [-0.25, -0.2) is 0 Å². The molecule has 3 nitrogen and oxygen atoms in total. The van der Waals surface area contributed by atoms with E-state index in [0.717, 1.165) is 22.4 Å². The number of hydrogen-bond donors (Lipinski definition) is 1. The summed E-state index contributed by atoms with van der Waals surface area (Å²) < 4.78 is 5.26. The highest BCUT2D eigenvalue weighted by molar-refractivity contribution is 5.78. The molecule has 3 rings (SSSR count). The normalized spacial score (nSPS) is 11.0. The molecule has 0 aliphatic heterocycles. The smallest absolute Gasteiger partial charge is 0.221 e. The van der Waals surface area contributed by atoms with Crippen molar-refractivity contribution in [3.8, 4) is 5.75 Å². The largest absolute Gasteiger partial charge is 0.497 e. The van der Waals surface area contributed by atoms with E-state index < -0.39 is 5.54 Å². The quantitative estimate of drug-likeness (QED) is 0.663. The second-order valence-corrected chi connectivity index (χ2v) is 6.76. The highest BCUT2D eigenvalue weighted by atomic mass is 16.5. The molecule has 0 aliphatic rings. The lowest BCUT2D eigenvalue weighted by Crippen LogP contribution is -2.44. The van der Waals surface area contributed by atoms with Crippen molar-refractivity contribution in [3.05, 3.63) is 102 Å². The van der Waals surface area contributed by atoms with Crippen LogP contribution in [0, 0.1) is 0 Å². The second-order valence-electron chi connectivity index (χ2n) is 6.76. The van der Waals surface area contributed by atoms with Crippen molar-refractivity contribution in [2.45, 2.75) is 25.3 Å². The van der Waals surface area contributed by atoms with Crippen LogP contribution in [0.25, 0.3) is 0 Å².